The van der Waals surface area contributed by atoms with Crippen LogP contribution in [0.25, 0.3) is 0 Å². The molecule has 0 atom stereocenters. The molecular weight excluding hydrogens is 389 g/mol. The summed E-state index contributed by atoms with van der Waals surface area (Å²) in [5.41, 5.74) is 0.943. The van der Waals surface area contributed by atoms with E-state index in [1.54, 1.807) is 12.1 Å². The smallest absolute Gasteiger partial charge is 0.306 e. The Balaban J connectivity index is 2.02. The van der Waals surface area contributed by atoms with Gasteiger partial charge in [0.25, 0.3) is 15.9 Å². The largest absolute Gasteiger partial charge is 0.466 e. The van der Waals surface area contributed by atoms with Crippen molar-refractivity contribution >= 4 is 50.8 Å². The van der Waals surface area contributed by atoms with Crippen LogP contribution in [0.15, 0.2) is 33.7 Å². The Bertz CT molecular complexity index is 802. The van der Waals surface area contributed by atoms with E-state index in [1.165, 1.54) is 12.1 Å². The second-order valence-corrected chi connectivity index (χ2v) is 8.11. The van der Waals surface area contributed by atoms with Gasteiger partial charge in [0.2, 0.25) is 0 Å². The Morgan fingerprint density at radius 3 is 2.36 bits per heavy atom. The van der Waals surface area contributed by atoms with Gasteiger partial charge in [0.1, 0.15) is 5.03 Å². The summed E-state index contributed by atoms with van der Waals surface area (Å²) in [5.74, 6) is -1.17. The third-order valence-electron chi connectivity index (χ3n) is 3.56. The molecule has 0 spiro atoms. The topological polar surface area (TPSA) is 80.8 Å². The SMILES string of the molecule is CCCCOC(=O)CCc1ccc(N2C(=O)C(Cl)=C(Cl)S2(=O)=O)cc1. The number of halogens is 2. The molecule has 0 unspecified atom stereocenters. The van der Waals surface area contributed by atoms with Crippen molar-refractivity contribution in [1.82, 2.24) is 0 Å². The van der Waals surface area contributed by atoms with Crippen molar-refractivity contribution in [3.63, 3.8) is 0 Å². The van der Waals surface area contributed by atoms with Gasteiger partial charge in [-0.1, -0.05) is 48.7 Å². The Morgan fingerprint density at radius 2 is 1.84 bits per heavy atom. The molecule has 0 fully saturated rings. The maximum Gasteiger partial charge on any atom is 0.306 e. The van der Waals surface area contributed by atoms with Crippen LogP contribution in [0.2, 0.25) is 0 Å². The fourth-order valence-electron chi connectivity index (χ4n) is 2.18. The van der Waals surface area contributed by atoms with Crippen LogP contribution in [-0.2, 0) is 30.8 Å². The number of rotatable bonds is 7. The monoisotopic (exact) mass is 405 g/mol. The lowest BCUT2D eigenvalue weighted by Crippen LogP contribution is -2.30. The van der Waals surface area contributed by atoms with Crippen LogP contribution in [-0.4, -0.2) is 26.9 Å². The molecular formula is C16H17Cl2NO5S. The number of anilines is 1. The van der Waals surface area contributed by atoms with E-state index in [1.807, 2.05) is 6.92 Å². The molecule has 1 aliphatic heterocycles. The summed E-state index contributed by atoms with van der Waals surface area (Å²) in [7, 11) is -4.15. The van der Waals surface area contributed by atoms with Gasteiger partial charge in [0, 0.05) is 6.42 Å². The van der Waals surface area contributed by atoms with Gasteiger partial charge in [-0.3, -0.25) is 9.59 Å². The minimum Gasteiger partial charge on any atom is -0.466 e. The number of carbonyl (C=O) groups excluding carboxylic acids is 2. The highest BCUT2D eigenvalue weighted by Gasteiger charge is 2.43. The number of benzene rings is 1. The average Bonchev–Trinajstić information content (AvgIpc) is 2.74. The predicted molar refractivity (Wildman–Crippen MR) is 95.8 cm³/mol. The zero-order chi connectivity index (χ0) is 18.6. The molecule has 0 aromatic heterocycles. The molecule has 1 heterocycles. The van der Waals surface area contributed by atoms with Crippen molar-refractivity contribution in [2.75, 3.05) is 10.9 Å². The highest BCUT2D eigenvalue weighted by atomic mass is 35.5. The maximum atomic E-state index is 12.1. The van der Waals surface area contributed by atoms with E-state index in [9.17, 15) is 18.0 Å². The molecule has 2 rings (SSSR count). The van der Waals surface area contributed by atoms with Crippen LogP contribution in [0.3, 0.4) is 0 Å². The average molecular weight is 406 g/mol. The summed E-state index contributed by atoms with van der Waals surface area (Å²) >= 11 is 11.2. The van der Waals surface area contributed by atoms with Crippen molar-refractivity contribution in [2.45, 2.75) is 32.6 Å². The molecule has 1 aromatic carbocycles. The van der Waals surface area contributed by atoms with Crippen LogP contribution in [0.1, 0.15) is 31.7 Å². The van der Waals surface area contributed by atoms with Crippen LogP contribution in [0, 0.1) is 0 Å². The van der Waals surface area contributed by atoms with E-state index < -0.39 is 25.3 Å². The highest BCUT2D eigenvalue weighted by Crippen LogP contribution is 2.36. The normalized spacial score (nSPS) is 16.4. The Kier molecular flexibility index (Phi) is 6.48. The summed E-state index contributed by atoms with van der Waals surface area (Å²) in [6, 6.07) is 6.20. The molecule has 1 amide bonds. The van der Waals surface area contributed by atoms with Gasteiger partial charge in [-0.25, -0.2) is 0 Å². The molecule has 9 heteroatoms. The van der Waals surface area contributed by atoms with Gasteiger partial charge in [-0.2, -0.15) is 12.7 Å². The lowest BCUT2D eigenvalue weighted by Gasteiger charge is -2.15. The predicted octanol–water partition coefficient (Wildman–Crippen LogP) is 3.29. The van der Waals surface area contributed by atoms with Gasteiger partial charge >= 0.3 is 5.97 Å². The number of amides is 1. The molecule has 0 saturated carbocycles. The van der Waals surface area contributed by atoms with E-state index in [2.05, 4.69) is 0 Å². The maximum absolute atomic E-state index is 12.1. The van der Waals surface area contributed by atoms with Gasteiger partial charge in [-0.05, 0) is 30.5 Å². The first-order valence-electron chi connectivity index (χ1n) is 7.68. The summed E-state index contributed by atoms with van der Waals surface area (Å²) < 4.78 is 29.2. The minimum absolute atomic E-state index is 0.132. The number of sulfonamides is 1. The molecule has 1 aromatic rings. The minimum atomic E-state index is -4.15. The third kappa shape index (κ3) is 4.34. The number of esters is 1. The zero-order valence-electron chi connectivity index (χ0n) is 13.5. The molecule has 6 nitrogen and oxygen atoms in total. The van der Waals surface area contributed by atoms with Crippen molar-refractivity contribution in [3.05, 3.63) is 39.2 Å². The second-order valence-electron chi connectivity index (χ2n) is 5.40. The molecule has 0 bridgehead atoms. The number of aryl methyl sites for hydroxylation is 1. The van der Waals surface area contributed by atoms with Gasteiger partial charge in [0.15, 0.2) is 4.36 Å². The number of hydrogen-bond donors (Lipinski definition) is 0. The molecule has 0 N–H and O–H groups in total. The van der Waals surface area contributed by atoms with Crippen LogP contribution >= 0.6 is 23.2 Å². The first-order valence-corrected chi connectivity index (χ1v) is 9.88. The highest BCUT2D eigenvalue weighted by molar-refractivity contribution is 7.99. The fourth-order valence-corrected chi connectivity index (χ4v) is 4.08. The zero-order valence-corrected chi connectivity index (χ0v) is 15.8. The first kappa shape index (κ1) is 19.8. The van der Waals surface area contributed by atoms with E-state index in [0.29, 0.717) is 17.3 Å². The van der Waals surface area contributed by atoms with Crippen LogP contribution in [0.5, 0.6) is 0 Å². The number of hydrogen-bond acceptors (Lipinski definition) is 5. The van der Waals surface area contributed by atoms with Gasteiger partial charge in [-0.15, -0.1) is 0 Å². The van der Waals surface area contributed by atoms with Crippen molar-refractivity contribution in [1.29, 1.82) is 0 Å². The molecule has 0 radical (unpaired) electrons. The van der Waals surface area contributed by atoms with E-state index in [4.69, 9.17) is 27.9 Å². The van der Waals surface area contributed by atoms with Crippen molar-refractivity contribution in [3.8, 4) is 0 Å². The second kappa shape index (κ2) is 8.21. The molecule has 136 valence electrons. The first-order chi connectivity index (χ1) is 11.8. The Morgan fingerprint density at radius 1 is 1.20 bits per heavy atom. The summed E-state index contributed by atoms with van der Waals surface area (Å²) in [6.07, 6.45) is 2.46. The van der Waals surface area contributed by atoms with Crippen LogP contribution in [0.4, 0.5) is 5.69 Å². The van der Waals surface area contributed by atoms with Crippen LogP contribution < -0.4 is 4.31 Å². The lowest BCUT2D eigenvalue weighted by atomic mass is 10.1. The van der Waals surface area contributed by atoms with Crippen molar-refractivity contribution < 1.29 is 22.7 Å². The summed E-state index contributed by atoms with van der Waals surface area (Å²) in [5, 5.41) is -0.527. The van der Waals surface area contributed by atoms with E-state index in [-0.39, 0.29) is 18.1 Å². The number of ether oxygens (including phenoxy) is 1. The molecule has 0 saturated heterocycles. The molecule has 0 aliphatic carbocycles. The van der Waals surface area contributed by atoms with E-state index in [0.717, 1.165) is 18.4 Å². The Labute approximate surface area is 156 Å². The molecule has 1 aliphatic rings. The lowest BCUT2D eigenvalue weighted by molar-refractivity contribution is -0.143. The number of carbonyl (C=O) groups is 2. The number of nitrogens with zero attached hydrogens (tertiary/aromatic N) is 1. The quantitative estimate of drug-likeness (QED) is 0.513. The van der Waals surface area contributed by atoms with Crippen molar-refractivity contribution in [2.24, 2.45) is 0 Å². The van der Waals surface area contributed by atoms with E-state index >= 15 is 0 Å². The third-order valence-corrected chi connectivity index (χ3v) is 6.41. The Hall–Kier alpha value is -1.57. The summed E-state index contributed by atoms with van der Waals surface area (Å²) in [6.45, 7) is 2.42. The van der Waals surface area contributed by atoms with Gasteiger partial charge < -0.3 is 4.74 Å². The molecule has 25 heavy (non-hydrogen) atoms. The van der Waals surface area contributed by atoms with Gasteiger partial charge in [0.05, 0.1) is 12.3 Å². The standard InChI is InChI=1S/C16H17Cl2NO5S/c1-2-3-10-24-13(20)9-6-11-4-7-12(8-5-11)19-16(21)14(17)15(18)25(19,22)23/h4-5,7-8H,2-3,6,9-10H2,1H3. The summed E-state index contributed by atoms with van der Waals surface area (Å²) in [4.78, 5) is 23.5. The number of unbranched alkanes of at least 4 members (excludes halogenated alkanes) is 1. The fraction of sp³-hybridized carbons (Fsp3) is 0.375.